The second-order valence-electron chi connectivity index (χ2n) is 12.5. The molecule has 2 aliphatic rings. The summed E-state index contributed by atoms with van der Waals surface area (Å²) < 4.78 is 100. The summed E-state index contributed by atoms with van der Waals surface area (Å²) in [5.41, 5.74) is 1.48. The Hall–Kier alpha value is -3.26. The normalized spacial score (nSPS) is 22.0. The van der Waals surface area contributed by atoms with Crippen molar-refractivity contribution in [1.29, 1.82) is 0 Å². The highest BCUT2D eigenvalue weighted by Crippen LogP contribution is 2.43. The van der Waals surface area contributed by atoms with Crippen molar-refractivity contribution in [1.82, 2.24) is 0 Å². The van der Waals surface area contributed by atoms with E-state index in [0.29, 0.717) is 86.5 Å². The molecule has 0 unspecified atom stereocenters. The van der Waals surface area contributed by atoms with Gasteiger partial charge in [0.05, 0.1) is 19.3 Å². The first-order valence-electron chi connectivity index (χ1n) is 16.5. The predicted molar refractivity (Wildman–Crippen MR) is 167 cm³/mol. The van der Waals surface area contributed by atoms with Crippen LogP contribution in [0.15, 0.2) is 48.6 Å². The van der Waals surface area contributed by atoms with Gasteiger partial charge in [-0.05, 0) is 124 Å². The van der Waals surface area contributed by atoms with Crippen molar-refractivity contribution in [3.63, 3.8) is 0 Å². The first kappa shape index (κ1) is 34.1. The Morgan fingerprint density at radius 1 is 0.609 bits per heavy atom. The molecule has 5 rings (SSSR count). The Morgan fingerprint density at radius 2 is 1.09 bits per heavy atom. The summed E-state index contributed by atoms with van der Waals surface area (Å²) in [5, 5.41) is 0. The van der Waals surface area contributed by atoms with Crippen molar-refractivity contribution < 1.29 is 35.8 Å². The van der Waals surface area contributed by atoms with Crippen LogP contribution in [0.4, 0.5) is 26.3 Å². The molecule has 248 valence electrons. The predicted octanol–water partition coefficient (Wildman–Crippen LogP) is 11.1. The molecule has 0 radical (unpaired) electrons. The summed E-state index contributed by atoms with van der Waals surface area (Å²) >= 11 is 0. The average molecular weight is 645 g/mol. The van der Waals surface area contributed by atoms with Crippen molar-refractivity contribution in [2.24, 2.45) is 0 Å². The number of aryl methyl sites for hydroxylation is 1. The topological polar surface area (TPSA) is 18.5 Å². The van der Waals surface area contributed by atoms with Crippen LogP contribution in [0.5, 0.6) is 5.75 Å². The molecular formula is C38H42F6O2. The maximum atomic E-state index is 15.3. The van der Waals surface area contributed by atoms with Crippen molar-refractivity contribution in [2.45, 2.75) is 109 Å². The minimum atomic E-state index is -0.995. The lowest BCUT2D eigenvalue weighted by molar-refractivity contribution is 0.0116. The molecule has 2 fully saturated rings. The fourth-order valence-corrected chi connectivity index (χ4v) is 7.14. The molecule has 0 bridgehead atoms. The molecule has 0 atom stereocenters. The van der Waals surface area contributed by atoms with E-state index in [2.05, 4.69) is 0 Å². The Balaban J connectivity index is 1.13. The van der Waals surface area contributed by atoms with Gasteiger partial charge in [-0.1, -0.05) is 42.5 Å². The molecule has 0 heterocycles. The minimum Gasteiger partial charge on any atom is -0.491 e. The van der Waals surface area contributed by atoms with Crippen LogP contribution >= 0.6 is 0 Å². The van der Waals surface area contributed by atoms with Crippen LogP contribution in [-0.2, 0) is 17.8 Å². The van der Waals surface area contributed by atoms with E-state index in [-0.39, 0.29) is 48.4 Å². The smallest absolute Gasteiger partial charge is 0.200 e. The minimum absolute atomic E-state index is 0.0857. The Labute approximate surface area is 267 Å². The molecule has 0 saturated heterocycles. The van der Waals surface area contributed by atoms with Gasteiger partial charge in [0.2, 0.25) is 5.82 Å². The maximum Gasteiger partial charge on any atom is 0.200 e. The van der Waals surface area contributed by atoms with Gasteiger partial charge in [0.15, 0.2) is 34.8 Å². The summed E-state index contributed by atoms with van der Waals surface area (Å²) in [4.78, 5) is 0. The van der Waals surface area contributed by atoms with E-state index < -0.39 is 34.9 Å². The van der Waals surface area contributed by atoms with Crippen LogP contribution in [0.1, 0.15) is 117 Å². The number of benzene rings is 3. The lowest BCUT2D eigenvalue weighted by Gasteiger charge is -2.30. The SMILES string of the molecule is C/C=C/CCc1ccc(C2CCC(OCc3ccc(C4CCC(c5ccc(OCC)c(F)c5F)CC4)c(F)c3F)CC2)c(F)c1F. The Morgan fingerprint density at radius 3 is 1.63 bits per heavy atom. The van der Waals surface area contributed by atoms with Crippen molar-refractivity contribution >= 4 is 0 Å². The van der Waals surface area contributed by atoms with E-state index in [1.807, 2.05) is 19.1 Å². The van der Waals surface area contributed by atoms with Gasteiger partial charge in [0.25, 0.3) is 0 Å². The Kier molecular flexibility index (Phi) is 11.5. The van der Waals surface area contributed by atoms with Crippen molar-refractivity contribution in [2.75, 3.05) is 6.61 Å². The summed E-state index contributed by atoms with van der Waals surface area (Å²) in [5.74, 6) is -5.93. The van der Waals surface area contributed by atoms with Crippen LogP contribution in [0.2, 0.25) is 0 Å². The maximum absolute atomic E-state index is 15.3. The van der Waals surface area contributed by atoms with Crippen LogP contribution < -0.4 is 4.74 Å². The van der Waals surface area contributed by atoms with E-state index >= 15 is 8.78 Å². The zero-order valence-corrected chi connectivity index (χ0v) is 26.5. The molecule has 0 N–H and O–H groups in total. The van der Waals surface area contributed by atoms with Gasteiger partial charge < -0.3 is 9.47 Å². The Bertz CT molecular complexity index is 1520. The van der Waals surface area contributed by atoms with E-state index in [1.165, 1.54) is 6.07 Å². The van der Waals surface area contributed by atoms with E-state index in [1.54, 1.807) is 37.3 Å². The number of halogens is 6. The molecular weight excluding hydrogens is 602 g/mol. The summed E-state index contributed by atoms with van der Waals surface area (Å²) in [6, 6.07) is 9.53. The molecule has 3 aromatic carbocycles. The van der Waals surface area contributed by atoms with Gasteiger partial charge in [-0.3, -0.25) is 0 Å². The fraction of sp³-hybridized carbons (Fsp3) is 0.474. The zero-order chi connectivity index (χ0) is 32.8. The molecule has 0 spiro atoms. The number of hydrogen-bond acceptors (Lipinski definition) is 2. The quantitative estimate of drug-likeness (QED) is 0.153. The number of ether oxygens (including phenoxy) is 2. The van der Waals surface area contributed by atoms with Gasteiger partial charge in [-0.2, -0.15) is 4.39 Å². The summed E-state index contributed by atoms with van der Waals surface area (Å²) in [7, 11) is 0. The second-order valence-corrected chi connectivity index (χ2v) is 12.5. The highest BCUT2D eigenvalue weighted by molar-refractivity contribution is 5.35. The molecule has 2 nitrogen and oxygen atoms in total. The molecule has 3 aromatic rings. The monoisotopic (exact) mass is 644 g/mol. The summed E-state index contributed by atoms with van der Waals surface area (Å²) in [6.07, 6.45) is 9.28. The van der Waals surface area contributed by atoms with Crippen molar-refractivity contribution in [3.05, 3.63) is 111 Å². The van der Waals surface area contributed by atoms with Crippen LogP contribution in [0.3, 0.4) is 0 Å². The van der Waals surface area contributed by atoms with E-state index in [0.717, 1.165) is 0 Å². The number of hydrogen-bond donors (Lipinski definition) is 0. The molecule has 0 amide bonds. The fourth-order valence-electron chi connectivity index (χ4n) is 7.14. The first-order chi connectivity index (χ1) is 22.2. The average Bonchev–Trinajstić information content (AvgIpc) is 3.07. The third kappa shape index (κ3) is 7.48. The first-order valence-corrected chi connectivity index (χ1v) is 16.5. The lowest BCUT2D eigenvalue weighted by Crippen LogP contribution is -2.22. The van der Waals surface area contributed by atoms with Crippen LogP contribution in [0.25, 0.3) is 0 Å². The molecule has 0 aromatic heterocycles. The highest BCUT2D eigenvalue weighted by Gasteiger charge is 2.31. The third-order valence-corrected chi connectivity index (χ3v) is 9.77. The molecule has 2 aliphatic carbocycles. The summed E-state index contributed by atoms with van der Waals surface area (Å²) in [6.45, 7) is 3.73. The lowest BCUT2D eigenvalue weighted by atomic mass is 9.75. The van der Waals surface area contributed by atoms with Gasteiger partial charge in [-0.25, -0.2) is 22.0 Å². The molecule has 46 heavy (non-hydrogen) atoms. The second kappa shape index (κ2) is 15.6. The van der Waals surface area contributed by atoms with Gasteiger partial charge >= 0.3 is 0 Å². The van der Waals surface area contributed by atoms with Crippen LogP contribution in [0, 0.1) is 34.9 Å². The molecule has 0 aliphatic heterocycles. The molecule has 8 heteroatoms. The number of allylic oxidation sites excluding steroid dienone is 2. The third-order valence-electron chi connectivity index (χ3n) is 9.77. The van der Waals surface area contributed by atoms with E-state index in [4.69, 9.17) is 9.47 Å². The standard InChI is InChI=1S/C38H42F6O2/c1-3-5-6-7-26-14-18-29(35(41)33(26)39)25-12-16-28(17-13-25)46-22-27-15-19-30(36(42)34(27)40)23-8-10-24(11-9-23)31-20-21-32(45-4-2)38(44)37(31)43/h3,5,14-15,18-21,23-25,28H,4,6-13,16-17,22H2,1-2H3/b5-3+. The van der Waals surface area contributed by atoms with Gasteiger partial charge in [0, 0.05) is 5.56 Å². The van der Waals surface area contributed by atoms with Gasteiger partial charge in [0.1, 0.15) is 0 Å². The van der Waals surface area contributed by atoms with E-state index in [9.17, 15) is 17.6 Å². The van der Waals surface area contributed by atoms with Crippen LogP contribution in [-0.4, -0.2) is 12.7 Å². The number of rotatable bonds is 11. The zero-order valence-electron chi connectivity index (χ0n) is 26.5. The molecule has 2 saturated carbocycles. The van der Waals surface area contributed by atoms with Crippen molar-refractivity contribution in [3.8, 4) is 5.75 Å². The largest absolute Gasteiger partial charge is 0.491 e. The van der Waals surface area contributed by atoms with Gasteiger partial charge in [-0.15, -0.1) is 0 Å². The highest BCUT2D eigenvalue weighted by atomic mass is 19.2.